The van der Waals surface area contributed by atoms with Crippen LogP contribution in [0.1, 0.15) is 28.4 Å². The van der Waals surface area contributed by atoms with Gasteiger partial charge in [0.1, 0.15) is 5.82 Å². The number of carbonyl (C=O) groups is 1. The van der Waals surface area contributed by atoms with Gasteiger partial charge in [-0.2, -0.15) is 0 Å². The van der Waals surface area contributed by atoms with Crippen molar-refractivity contribution in [1.82, 2.24) is 0 Å². The molecule has 2 aromatic carbocycles. The van der Waals surface area contributed by atoms with Gasteiger partial charge in [-0.15, -0.1) is 0 Å². The molecule has 0 heterocycles. The molecule has 0 atom stereocenters. The average molecular weight is 271 g/mol. The van der Waals surface area contributed by atoms with E-state index in [0.29, 0.717) is 5.56 Å². The SMILES string of the molecule is CCc1ccc(N(C)C(=O)c2cccc(C)c2F)cc1. The molecule has 0 unspecified atom stereocenters. The van der Waals surface area contributed by atoms with Crippen LogP contribution < -0.4 is 4.90 Å². The minimum Gasteiger partial charge on any atom is -0.311 e. The summed E-state index contributed by atoms with van der Waals surface area (Å²) in [6.07, 6.45) is 0.949. The average Bonchev–Trinajstić information content (AvgIpc) is 2.48. The molecule has 0 radical (unpaired) electrons. The summed E-state index contributed by atoms with van der Waals surface area (Å²) in [6.45, 7) is 3.73. The smallest absolute Gasteiger partial charge is 0.260 e. The largest absolute Gasteiger partial charge is 0.311 e. The van der Waals surface area contributed by atoms with Gasteiger partial charge < -0.3 is 4.90 Å². The third-order valence-electron chi connectivity index (χ3n) is 3.46. The molecule has 1 amide bonds. The van der Waals surface area contributed by atoms with Gasteiger partial charge in [0, 0.05) is 12.7 Å². The van der Waals surface area contributed by atoms with E-state index in [1.54, 1.807) is 26.1 Å². The molecule has 0 aliphatic heterocycles. The maximum atomic E-state index is 14.0. The number of benzene rings is 2. The molecule has 0 bridgehead atoms. The molecule has 0 spiro atoms. The lowest BCUT2D eigenvalue weighted by Gasteiger charge is -2.18. The predicted molar refractivity (Wildman–Crippen MR) is 79.7 cm³/mol. The Morgan fingerprint density at radius 3 is 2.40 bits per heavy atom. The van der Waals surface area contributed by atoms with Gasteiger partial charge in [0.2, 0.25) is 0 Å². The van der Waals surface area contributed by atoms with Crippen LogP contribution in [0.15, 0.2) is 42.5 Å². The molecule has 0 fully saturated rings. The lowest BCUT2D eigenvalue weighted by Crippen LogP contribution is -2.27. The fraction of sp³-hybridized carbons (Fsp3) is 0.235. The van der Waals surface area contributed by atoms with Crippen molar-refractivity contribution in [2.45, 2.75) is 20.3 Å². The molecule has 2 aromatic rings. The molecule has 0 N–H and O–H groups in total. The number of carbonyl (C=O) groups excluding carboxylic acids is 1. The second kappa shape index (κ2) is 5.87. The molecule has 3 heteroatoms. The third kappa shape index (κ3) is 2.72. The minimum absolute atomic E-state index is 0.104. The van der Waals surface area contributed by atoms with E-state index < -0.39 is 5.82 Å². The van der Waals surface area contributed by atoms with E-state index in [1.807, 2.05) is 24.3 Å². The zero-order valence-corrected chi connectivity index (χ0v) is 12.0. The second-order valence-corrected chi connectivity index (χ2v) is 4.82. The zero-order chi connectivity index (χ0) is 14.7. The van der Waals surface area contributed by atoms with Gasteiger partial charge in [0.15, 0.2) is 0 Å². The van der Waals surface area contributed by atoms with Gasteiger partial charge >= 0.3 is 0 Å². The van der Waals surface area contributed by atoms with Gasteiger partial charge in [-0.1, -0.05) is 31.2 Å². The maximum Gasteiger partial charge on any atom is 0.260 e. The Kier molecular flexibility index (Phi) is 4.18. The molecule has 0 saturated heterocycles. The van der Waals surface area contributed by atoms with E-state index in [1.165, 1.54) is 16.5 Å². The molecule has 0 saturated carbocycles. The van der Waals surface area contributed by atoms with Crippen LogP contribution in [0.25, 0.3) is 0 Å². The van der Waals surface area contributed by atoms with E-state index in [-0.39, 0.29) is 11.5 Å². The monoisotopic (exact) mass is 271 g/mol. The quantitative estimate of drug-likeness (QED) is 0.827. The van der Waals surface area contributed by atoms with Crippen molar-refractivity contribution in [1.29, 1.82) is 0 Å². The highest BCUT2D eigenvalue weighted by Gasteiger charge is 2.18. The first-order valence-corrected chi connectivity index (χ1v) is 6.66. The summed E-state index contributed by atoms with van der Waals surface area (Å²) in [4.78, 5) is 13.8. The van der Waals surface area contributed by atoms with E-state index in [4.69, 9.17) is 0 Å². The van der Waals surface area contributed by atoms with Crippen molar-refractivity contribution in [3.8, 4) is 0 Å². The molecule has 0 aliphatic rings. The Hall–Kier alpha value is -2.16. The Morgan fingerprint density at radius 1 is 1.15 bits per heavy atom. The van der Waals surface area contributed by atoms with E-state index >= 15 is 0 Å². The molecular weight excluding hydrogens is 253 g/mol. The lowest BCUT2D eigenvalue weighted by atomic mass is 10.1. The Balaban J connectivity index is 2.29. The Labute approximate surface area is 118 Å². The molecule has 2 nitrogen and oxygen atoms in total. The van der Waals surface area contributed by atoms with Gasteiger partial charge in [-0.3, -0.25) is 4.79 Å². The van der Waals surface area contributed by atoms with Gasteiger partial charge in [0.05, 0.1) is 5.56 Å². The maximum absolute atomic E-state index is 14.0. The highest BCUT2D eigenvalue weighted by molar-refractivity contribution is 6.06. The summed E-state index contributed by atoms with van der Waals surface area (Å²) in [7, 11) is 1.66. The van der Waals surface area contributed by atoms with Gasteiger partial charge in [0.25, 0.3) is 5.91 Å². The lowest BCUT2D eigenvalue weighted by molar-refractivity contribution is 0.0989. The standard InChI is InChI=1S/C17H18FNO/c1-4-13-8-10-14(11-9-13)19(3)17(20)15-7-5-6-12(2)16(15)18/h5-11H,4H2,1-3H3. The van der Waals surface area contributed by atoms with Gasteiger partial charge in [-0.25, -0.2) is 4.39 Å². The number of hydrogen-bond acceptors (Lipinski definition) is 1. The first-order valence-electron chi connectivity index (χ1n) is 6.66. The molecule has 20 heavy (non-hydrogen) atoms. The molecule has 104 valence electrons. The summed E-state index contributed by atoms with van der Waals surface area (Å²) in [5.41, 5.74) is 2.54. The summed E-state index contributed by atoms with van der Waals surface area (Å²) in [6, 6.07) is 12.6. The minimum atomic E-state index is -0.450. The van der Waals surface area contributed by atoms with Gasteiger partial charge in [-0.05, 0) is 42.7 Å². The van der Waals surface area contributed by atoms with Crippen molar-refractivity contribution < 1.29 is 9.18 Å². The Morgan fingerprint density at radius 2 is 1.80 bits per heavy atom. The number of hydrogen-bond donors (Lipinski definition) is 0. The van der Waals surface area contributed by atoms with Crippen LogP contribution in [0.4, 0.5) is 10.1 Å². The third-order valence-corrected chi connectivity index (χ3v) is 3.46. The van der Waals surface area contributed by atoms with Crippen molar-refractivity contribution >= 4 is 11.6 Å². The molecule has 0 aromatic heterocycles. The van der Waals surface area contributed by atoms with Crippen molar-refractivity contribution in [2.24, 2.45) is 0 Å². The molecule has 0 aliphatic carbocycles. The number of nitrogens with zero attached hydrogens (tertiary/aromatic N) is 1. The normalized spacial score (nSPS) is 10.4. The summed E-state index contributed by atoms with van der Waals surface area (Å²) < 4.78 is 14.0. The van der Waals surface area contributed by atoms with E-state index in [9.17, 15) is 9.18 Å². The van der Waals surface area contributed by atoms with Crippen LogP contribution >= 0.6 is 0 Å². The summed E-state index contributed by atoms with van der Waals surface area (Å²) >= 11 is 0. The zero-order valence-electron chi connectivity index (χ0n) is 12.0. The number of anilines is 1. The first kappa shape index (κ1) is 14.3. The van der Waals surface area contributed by atoms with Crippen LogP contribution in [-0.2, 0) is 6.42 Å². The molecule has 2 rings (SSSR count). The highest BCUT2D eigenvalue weighted by atomic mass is 19.1. The van der Waals surface area contributed by atoms with Crippen LogP contribution in [0.3, 0.4) is 0 Å². The van der Waals surface area contributed by atoms with Crippen LogP contribution in [0.2, 0.25) is 0 Å². The van der Waals surface area contributed by atoms with Crippen LogP contribution in [-0.4, -0.2) is 13.0 Å². The Bertz CT molecular complexity index is 619. The van der Waals surface area contributed by atoms with Crippen LogP contribution in [0.5, 0.6) is 0 Å². The fourth-order valence-electron chi connectivity index (χ4n) is 2.07. The van der Waals surface area contributed by atoms with Crippen molar-refractivity contribution in [2.75, 3.05) is 11.9 Å². The highest BCUT2D eigenvalue weighted by Crippen LogP contribution is 2.19. The number of rotatable bonds is 3. The first-order chi connectivity index (χ1) is 9.54. The van der Waals surface area contributed by atoms with Crippen LogP contribution in [0, 0.1) is 12.7 Å². The molecular formula is C17H18FNO. The van der Waals surface area contributed by atoms with E-state index in [2.05, 4.69) is 6.92 Å². The number of amides is 1. The number of halogens is 1. The predicted octanol–water partition coefficient (Wildman–Crippen LogP) is 3.97. The van der Waals surface area contributed by atoms with Crippen molar-refractivity contribution in [3.05, 3.63) is 65.0 Å². The fourth-order valence-corrected chi connectivity index (χ4v) is 2.07. The summed E-state index contributed by atoms with van der Waals surface area (Å²) in [5, 5.41) is 0. The summed E-state index contributed by atoms with van der Waals surface area (Å²) in [5.74, 6) is -0.787. The topological polar surface area (TPSA) is 20.3 Å². The second-order valence-electron chi connectivity index (χ2n) is 4.82. The van der Waals surface area contributed by atoms with E-state index in [0.717, 1.165) is 12.1 Å². The van der Waals surface area contributed by atoms with Crippen molar-refractivity contribution in [3.63, 3.8) is 0 Å². The number of aryl methyl sites for hydroxylation is 2.